The average molecular weight is 266 g/mol. The number of nitrogens with one attached hydrogen (secondary N) is 1. The number of aromatic amines is 1. The van der Waals surface area contributed by atoms with E-state index in [1.54, 1.807) is 0 Å². The highest BCUT2D eigenvalue weighted by molar-refractivity contribution is 9.10. The molecule has 0 aliphatic heterocycles. The zero-order chi connectivity index (χ0) is 11.2. The van der Waals surface area contributed by atoms with E-state index in [1.165, 1.54) is 22.2 Å². The van der Waals surface area contributed by atoms with Gasteiger partial charge in [-0.1, -0.05) is 36.7 Å². The highest BCUT2D eigenvalue weighted by Gasteiger charge is 2.16. The Balaban J connectivity index is 2.71. The van der Waals surface area contributed by atoms with Crippen molar-refractivity contribution in [2.75, 3.05) is 0 Å². The fourth-order valence-corrected chi connectivity index (χ4v) is 2.37. The molecule has 1 heterocycles. The third-order valence-electron chi connectivity index (χ3n) is 2.70. The summed E-state index contributed by atoms with van der Waals surface area (Å²) in [5, 5.41) is 1.28. The minimum atomic E-state index is 0.179. The van der Waals surface area contributed by atoms with Crippen LogP contribution in [0.1, 0.15) is 32.0 Å². The maximum atomic E-state index is 3.53. The van der Waals surface area contributed by atoms with E-state index in [9.17, 15) is 0 Å². The number of hydrogen-bond donors (Lipinski definition) is 1. The van der Waals surface area contributed by atoms with Crippen LogP contribution in [0.3, 0.4) is 0 Å². The van der Waals surface area contributed by atoms with Gasteiger partial charge in [-0.15, -0.1) is 0 Å². The van der Waals surface area contributed by atoms with Crippen LogP contribution in [0.2, 0.25) is 0 Å². The Morgan fingerprint density at radius 3 is 2.40 bits per heavy atom. The number of fused-ring (bicyclic) bond motifs is 1. The van der Waals surface area contributed by atoms with E-state index < -0.39 is 0 Å². The van der Waals surface area contributed by atoms with Crippen molar-refractivity contribution in [1.29, 1.82) is 0 Å². The van der Waals surface area contributed by atoms with Gasteiger partial charge in [-0.25, -0.2) is 0 Å². The average Bonchev–Trinajstić information content (AvgIpc) is 2.46. The second-order valence-electron chi connectivity index (χ2n) is 5.12. The predicted octanol–water partition coefficient (Wildman–Crippen LogP) is 4.54. The molecular weight excluding hydrogens is 250 g/mol. The van der Waals surface area contributed by atoms with Gasteiger partial charge >= 0.3 is 0 Å². The number of rotatable bonds is 0. The summed E-state index contributed by atoms with van der Waals surface area (Å²) in [4.78, 5) is 3.51. The van der Waals surface area contributed by atoms with E-state index in [0.29, 0.717) is 0 Å². The van der Waals surface area contributed by atoms with Crippen molar-refractivity contribution < 1.29 is 0 Å². The monoisotopic (exact) mass is 265 g/mol. The molecule has 0 aliphatic rings. The van der Waals surface area contributed by atoms with Gasteiger partial charge in [-0.3, -0.25) is 0 Å². The Bertz CT molecular complexity index is 503. The first-order valence-electron chi connectivity index (χ1n) is 5.17. The first kappa shape index (κ1) is 10.7. The number of H-pyrrole nitrogens is 1. The molecule has 1 nitrogen and oxygen atoms in total. The number of benzene rings is 1. The zero-order valence-corrected chi connectivity index (χ0v) is 11.2. The lowest BCUT2D eigenvalue weighted by atomic mass is 9.92. The Hall–Kier alpha value is -0.760. The molecule has 0 bridgehead atoms. The standard InChI is InChI=1S/C13H16BrN/c1-8-5-10(14)6-9-7-11(13(2,3)4)15-12(8)9/h5-7,15H,1-4H3. The van der Waals surface area contributed by atoms with Crippen molar-refractivity contribution in [2.24, 2.45) is 0 Å². The fourth-order valence-electron chi connectivity index (χ4n) is 1.78. The van der Waals surface area contributed by atoms with Crippen LogP contribution in [-0.2, 0) is 5.41 Å². The summed E-state index contributed by atoms with van der Waals surface area (Å²) < 4.78 is 1.15. The van der Waals surface area contributed by atoms with Gasteiger partial charge in [0.05, 0.1) is 0 Å². The lowest BCUT2D eigenvalue weighted by Gasteiger charge is -2.15. The van der Waals surface area contributed by atoms with Crippen LogP contribution in [0.15, 0.2) is 22.7 Å². The molecule has 0 aliphatic carbocycles. The van der Waals surface area contributed by atoms with Crippen LogP contribution in [0.25, 0.3) is 10.9 Å². The Kier molecular flexibility index (Phi) is 2.42. The van der Waals surface area contributed by atoms with Crippen LogP contribution < -0.4 is 0 Å². The van der Waals surface area contributed by atoms with Crippen molar-refractivity contribution in [3.05, 3.63) is 33.9 Å². The smallest absolute Gasteiger partial charge is 0.0486 e. The first-order chi connectivity index (χ1) is 6.88. The van der Waals surface area contributed by atoms with Gasteiger partial charge in [-0.05, 0) is 30.7 Å². The summed E-state index contributed by atoms with van der Waals surface area (Å²) in [5.74, 6) is 0. The minimum absolute atomic E-state index is 0.179. The van der Waals surface area contributed by atoms with E-state index in [2.05, 4.69) is 66.8 Å². The predicted molar refractivity (Wildman–Crippen MR) is 69.4 cm³/mol. The van der Waals surface area contributed by atoms with E-state index >= 15 is 0 Å². The van der Waals surface area contributed by atoms with E-state index in [-0.39, 0.29) is 5.41 Å². The van der Waals surface area contributed by atoms with Crippen LogP contribution in [0.4, 0.5) is 0 Å². The maximum Gasteiger partial charge on any atom is 0.0486 e. The molecular formula is C13H16BrN. The van der Waals surface area contributed by atoms with Gasteiger partial charge in [0.25, 0.3) is 0 Å². The largest absolute Gasteiger partial charge is 0.358 e. The lowest BCUT2D eigenvalue weighted by molar-refractivity contribution is 0.574. The lowest BCUT2D eigenvalue weighted by Crippen LogP contribution is -2.11. The number of halogens is 1. The van der Waals surface area contributed by atoms with Gasteiger partial charge in [0.1, 0.15) is 0 Å². The maximum absolute atomic E-state index is 3.53. The molecule has 2 aromatic rings. The number of aromatic nitrogens is 1. The van der Waals surface area contributed by atoms with E-state index in [4.69, 9.17) is 0 Å². The van der Waals surface area contributed by atoms with Gasteiger partial charge < -0.3 is 4.98 Å². The minimum Gasteiger partial charge on any atom is -0.358 e. The highest BCUT2D eigenvalue weighted by Crippen LogP contribution is 2.29. The zero-order valence-electron chi connectivity index (χ0n) is 9.61. The number of aryl methyl sites for hydroxylation is 1. The molecule has 2 heteroatoms. The molecule has 80 valence electrons. The first-order valence-corrected chi connectivity index (χ1v) is 5.96. The Labute approximate surface area is 99.0 Å². The molecule has 0 fully saturated rings. The van der Waals surface area contributed by atoms with Crippen LogP contribution >= 0.6 is 15.9 Å². The summed E-state index contributed by atoms with van der Waals surface area (Å²) in [5.41, 5.74) is 4.01. The summed E-state index contributed by atoms with van der Waals surface area (Å²) in [6.07, 6.45) is 0. The molecule has 2 rings (SSSR count). The second-order valence-corrected chi connectivity index (χ2v) is 6.04. The topological polar surface area (TPSA) is 15.8 Å². The quantitative estimate of drug-likeness (QED) is 0.720. The van der Waals surface area contributed by atoms with Crippen molar-refractivity contribution in [3.8, 4) is 0 Å². The molecule has 0 amide bonds. The summed E-state index contributed by atoms with van der Waals surface area (Å²) >= 11 is 3.53. The molecule has 0 saturated carbocycles. The molecule has 1 N–H and O–H groups in total. The van der Waals surface area contributed by atoms with Gasteiger partial charge in [-0.2, -0.15) is 0 Å². The number of hydrogen-bond acceptors (Lipinski definition) is 0. The van der Waals surface area contributed by atoms with Crippen LogP contribution in [-0.4, -0.2) is 4.98 Å². The Morgan fingerprint density at radius 1 is 1.13 bits per heavy atom. The normalized spacial score (nSPS) is 12.3. The van der Waals surface area contributed by atoms with Crippen molar-refractivity contribution in [1.82, 2.24) is 4.98 Å². The van der Waals surface area contributed by atoms with E-state index in [1.807, 2.05) is 0 Å². The molecule has 1 aromatic heterocycles. The molecule has 0 unspecified atom stereocenters. The molecule has 0 atom stereocenters. The van der Waals surface area contributed by atoms with Crippen molar-refractivity contribution >= 4 is 26.8 Å². The van der Waals surface area contributed by atoms with Crippen LogP contribution in [0, 0.1) is 6.92 Å². The van der Waals surface area contributed by atoms with Crippen molar-refractivity contribution in [2.45, 2.75) is 33.1 Å². The summed E-state index contributed by atoms with van der Waals surface area (Å²) in [7, 11) is 0. The summed E-state index contributed by atoms with van der Waals surface area (Å²) in [6, 6.07) is 6.55. The fraction of sp³-hybridized carbons (Fsp3) is 0.385. The molecule has 0 spiro atoms. The molecule has 0 saturated heterocycles. The second kappa shape index (κ2) is 3.38. The van der Waals surface area contributed by atoms with E-state index in [0.717, 1.165) is 4.47 Å². The summed E-state index contributed by atoms with van der Waals surface area (Å²) in [6.45, 7) is 8.81. The SMILES string of the molecule is Cc1cc(Br)cc2cc(C(C)(C)C)[nH]c12. The third kappa shape index (κ3) is 1.96. The van der Waals surface area contributed by atoms with Gasteiger partial charge in [0, 0.05) is 26.5 Å². The molecule has 0 radical (unpaired) electrons. The third-order valence-corrected chi connectivity index (χ3v) is 3.16. The molecule has 15 heavy (non-hydrogen) atoms. The van der Waals surface area contributed by atoms with Crippen LogP contribution in [0.5, 0.6) is 0 Å². The Morgan fingerprint density at radius 2 is 1.80 bits per heavy atom. The van der Waals surface area contributed by atoms with Gasteiger partial charge in [0.2, 0.25) is 0 Å². The molecule has 1 aromatic carbocycles. The highest BCUT2D eigenvalue weighted by atomic mass is 79.9. The van der Waals surface area contributed by atoms with Gasteiger partial charge in [0.15, 0.2) is 0 Å². The van der Waals surface area contributed by atoms with Crippen molar-refractivity contribution in [3.63, 3.8) is 0 Å².